The van der Waals surface area contributed by atoms with Gasteiger partial charge in [0.15, 0.2) is 0 Å². The van der Waals surface area contributed by atoms with E-state index in [0.29, 0.717) is 13.0 Å². The molecule has 6 heteroatoms. The summed E-state index contributed by atoms with van der Waals surface area (Å²) in [4.78, 5) is 20.5. The summed E-state index contributed by atoms with van der Waals surface area (Å²) in [5, 5.41) is 2.94. The van der Waals surface area contributed by atoms with Gasteiger partial charge in [0.1, 0.15) is 11.6 Å². The summed E-state index contributed by atoms with van der Waals surface area (Å²) in [6.45, 7) is 3.20. The van der Waals surface area contributed by atoms with Crippen molar-refractivity contribution < 1.29 is 9.53 Å². The quantitative estimate of drug-likeness (QED) is 0.913. The number of aromatic nitrogens is 3. The van der Waals surface area contributed by atoms with Crippen LogP contribution in [-0.2, 0) is 16.1 Å². The van der Waals surface area contributed by atoms with Gasteiger partial charge in [0, 0.05) is 31.7 Å². The molecule has 6 nitrogen and oxygen atoms in total. The van der Waals surface area contributed by atoms with Crippen molar-refractivity contribution >= 4 is 5.91 Å². The molecule has 1 amide bonds. The lowest BCUT2D eigenvalue weighted by molar-refractivity contribution is -0.123. The number of aryl methyl sites for hydroxylation is 1. The van der Waals surface area contributed by atoms with E-state index in [9.17, 15) is 4.79 Å². The fourth-order valence-electron chi connectivity index (χ4n) is 2.61. The third kappa shape index (κ3) is 3.51. The van der Waals surface area contributed by atoms with Crippen molar-refractivity contribution in [1.29, 1.82) is 0 Å². The van der Waals surface area contributed by atoms with Gasteiger partial charge in [0.05, 0.1) is 12.5 Å². The molecular weight excluding hydrogens is 280 g/mol. The van der Waals surface area contributed by atoms with Gasteiger partial charge in [0.2, 0.25) is 5.91 Å². The van der Waals surface area contributed by atoms with E-state index >= 15 is 0 Å². The summed E-state index contributed by atoms with van der Waals surface area (Å²) < 4.78 is 7.39. The van der Waals surface area contributed by atoms with E-state index in [1.165, 1.54) is 0 Å². The number of hydrogen-bond acceptors (Lipinski definition) is 4. The van der Waals surface area contributed by atoms with Crippen LogP contribution in [0.4, 0.5) is 0 Å². The molecule has 1 aliphatic heterocycles. The zero-order valence-electron chi connectivity index (χ0n) is 12.7. The predicted octanol–water partition coefficient (Wildman–Crippen LogP) is 1.76. The van der Waals surface area contributed by atoms with Gasteiger partial charge in [-0.2, -0.15) is 0 Å². The first kappa shape index (κ1) is 14.7. The maximum Gasteiger partial charge on any atom is 0.222 e. The number of nitrogens with one attached hydrogen (secondary N) is 1. The molecule has 1 N–H and O–H groups in total. The fraction of sp³-hybridized carbons (Fsp3) is 0.438. The number of carbonyl (C=O) groups is 1. The number of pyridine rings is 1. The summed E-state index contributed by atoms with van der Waals surface area (Å²) >= 11 is 0. The zero-order valence-corrected chi connectivity index (χ0v) is 12.7. The second kappa shape index (κ2) is 6.70. The molecule has 2 aromatic heterocycles. The first-order chi connectivity index (χ1) is 10.7. The van der Waals surface area contributed by atoms with Crippen molar-refractivity contribution in [2.75, 3.05) is 6.61 Å². The minimum atomic E-state index is 0.0315. The van der Waals surface area contributed by atoms with Crippen LogP contribution >= 0.6 is 0 Å². The van der Waals surface area contributed by atoms with Gasteiger partial charge in [-0.05, 0) is 37.5 Å². The summed E-state index contributed by atoms with van der Waals surface area (Å²) in [7, 11) is 0. The normalized spacial score (nSPS) is 17.6. The Morgan fingerprint density at radius 1 is 1.45 bits per heavy atom. The molecule has 116 valence electrons. The highest BCUT2D eigenvalue weighted by atomic mass is 16.5. The first-order valence-corrected chi connectivity index (χ1v) is 7.56. The van der Waals surface area contributed by atoms with Gasteiger partial charge in [-0.25, -0.2) is 9.97 Å². The van der Waals surface area contributed by atoms with Crippen LogP contribution in [0, 0.1) is 6.92 Å². The SMILES string of the molecule is Cc1nccn1-c1cc(CNC(=O)C[C@@H]2CCCO2)ccn1. The lowest BCUT2D eigenvalue weighted by Gasteiger charge is -2.10. The fourth-order valence-corrected chi connectivity index (χ4v) is 2.61. The minimum absolute atomic E-state index is 0.0315. The number of hydrogen-bond donors (Lipinski definition) is 1. The molecule has 0 unspecified atom stereocenters. The van der Waals surface area contributed by atoms with Gasteiger partial charge in [-0.15, -0.1) is 0 Å². The average Bonchev–Trinajstić information content (AvgIpc) is 3.17. The number of nitrogens with zero attached hydrogens (tertiary/aromatic N) is 3. The highest BCUT2D eigenvalue weighted by Gasteiger charge is 2.18. The van der Waals surface area contributed by atoms with E-state index in [4.69, 9.17) is 4.74 Å². The maximum absolute atomic E-state index is 11.9. The minimum Gasteiger partial charge on any atom is -0.378 e. The van der Waals surface area contributed by atoms with Gasteiger partial charge in [0.25, 0.3) is 0 Å². The lowest BCUT2D eigenvalue weighted by atomic mass is 10.1. The second-order valence-electron chi connectivity index (χ2n) is 5.48. The summed E-state index contributed by atoms with van der Waals surface area (Å²) in [6, 6.07) is 3.86. The van der Waals surface area contributed by atoms with Gasteiger partial charge in [-0.1, -0.05) is 0 Å². The third-order valence-electron chi connectivity index (χ3n) is 3.81. The smallest absolute Gasteiger partial charge is 0.222 e. The molecule has 0 bridgehead atoms. The molecule has 3 rings (SSSR count). The third-order valence-corrected chi connectivity index (χ3v) is 3.81. The van der Waals surface area contributed by atoms with Crippen LogP contribution in [0.2, 0.25) is 0 Å². The van der Waals surface area contributed by atoms with E-state index in [0.717, 1.165) is 36.7 Å². The summed E-state index contributed by atoms with van der Waals surface area (Å²) in [6.07, 6.45) is 7.92. The Morgan fingerprint density at radius 2 is 2.36 bits per heavy atom. The predicted molar refractivity (Wildman–Crippen MR) is 81.5 cm³/mol. The van der Waals surface area contributed by atoms with E-state index in [1.54, 1.807) is 12.4 Å². The second-order valence-corrected chi connectivity index (χ2v) is 5.48. The van der Waals surface area contributed by atoms with Gasteiger partial charge < -0.3 is 10.1 Å². The molecule has 0 spiro atoms. The van der Waals surface area contributed by atoms with Crippen LogP contribution < -0.4 is 5.32 Å². The Morgan fingerprint density at radius 3 is 3.09 bits per heavy atom. The molecule has 2 aromatic rings. The van der Waals surface area contributed by atoms with Crippen molar-refractivity contribution in [2.45, 2.75) is 38.8 Å². The summed E-state index contributed by atoms with van der Waals surface area (Å²) in [5.74, 6) is 1.72. The van der Waals surface area contributed by atoms with Gasteiger partial charge >= 0.3 is 0 Å². The molecule has 1 fully saturated rings. The van der Waals surface area contributed by atoms with E-state index in [-0.39, 0.29) is 12.0 Å². The molecule has 1 aliphatic rings. The number of rotatable bonds is 5. The molecule has 0 aromatic carbocycles. The monoisotopic (exact) mass is 300 g/mol. The first-order valence-electron chi connectivity index (χ1n) is 7.56. The molecule has 22 heavy (non-hydrogen) atoms. The molecule has 1 saturated heterocycles. The summed E-state index contributed by atoms with van der Waals surface area (Å²) in [5.41, 5.74) is 1.01. The van der Waals surface area contributed by atoms with Crippen molar-refractivity contribution in [3.05, 3.63) is 42.1 Å². The lowest BCUT2D eigenvalue weighted by Crippen LogP contribution is -2.26. The molecule has 0 radical (unpaired) electrons. The van der Waals surface area contributed by atoms with Gasteiger partial charge in [-0.3, -0.25) is 9.36 Å². The molecular formula is C16H20N4O2. The molecule has 3 heterocycles. The highest BCUT2D eigenvalue weighted by molar-refractivity contribution is 5.76. The van der Waals surface area contributed by atoms with Crippen molar-refractivity contribution in [3.8, 4) is 5.82 Å². The van der Waals surface area contributed by atoms with Crippen LogP contribution in [0.1, 0.15) is 30.7 Å². The van der Waals surface area contributed by atoms with Crippen molar-refractivity contribution in [2.24, 2.45) is 0 Å². The average molecular weight is 300 g/mol. The standard InChI is InChI=1S/C16H20N4O2/c1-12-17-6-7-20(12)15-9-13(4-5-18-15)11-19-16(21)10-14-3-2-8-22-14/h4-7,9,14H,2-3,8,10-11H2,1H3,(H,19,21)/t14-/m0/s1. The topological polar surface area (TPSA) is 69.0 Å². The Balaban J connectivity index is 1.58. The molecule has 0 saturated carbocycles. The van der Waals surface area contributed by atoms with Crippen LogP contribution in [0.3, 0.4) is 0 Å². The Bertz CT molecular complexity index is 647. The number of carbonyl (C=O) groups excluding carboxylic acids is 1. The van der Waals surface area contributed by atoms with Crippen LogP contribution in [0.25, 0.3) is 5.82 Å². The Kier molecular flexibility index (Phi) is 4.48. The van der Waals surface area contributed by atoms with E-state index in [2.05, 4.69) is 15.3 Å². The van der Waals surface area contributed by atoms with Crippen molar-refractivity contribution in [1.82, 2.24) is 19.9 Å². The van der Waals surface area contributed by atoms with Crippen LogP contribution in [-0.4, -0.2) is 33.2 Å². The van der Waals surface area contributed by atoms with Crippen LogP contribution in [0.15, 0.2) is 30.7 Å². The zero-order chi connectivity index (χ0) is 15.4. The maximum atomic E-state index is 11.9. The van der Waals surface area contributed by atoms with Crippen molar-refractivity contribution in [3.63, 3.8) is 0 Å². The van der Waals surface area contributed by atoms with E-state index < -0.39 is 0 Å². The van der Waals surface area contributed by atoms with E-state index in [1.807, 2.05) is 29.8 Å². The molecule has 1 atom stereocenters. The Hall–Kier alpha value is -2.21. The largest absolute Gasteiger partial charge is 0.378 e. The molecule has 0 aliphatic carbocycles. The number of imidazole rings is 1. The van der Waals surface area contributed by atoms with Crippen LogP contribution in [0.5, 0.6) is 0 Å². The Labute approximate surface area is 129 Å². The number of amides is 1. The number of ether oxygens (including phenoxy) is 1. The highest BCUT2D eigenvalue weighted by Crippen LogP contribution is 2.15.